The van der Waals surface area contributed by atoms with Crippen LogP contribution < -0.4 is 0 Å². The molecule has 0 unspecified atom stereocenters. The first kappa shape index (κ1) is 21.7. The van der Waals surface area contributed by atoms with Crippen molar-refractivity contribution < 1.29 is 24.1 Å². The van der Waals surface area contributed by atoms with E-state index in [-0.39, 0.29) is 24.9 Å². The molecular formula is C24H30O5. The minimum absolute atomic E-state index is 0.0538. The van der Waals surface area contributed by atoms with Gasteiger partial charge in [-0.05, 0) is 25.0 Å². The molecule has 0 amide bonds. The van der Waals surface area contributed by atoms with Gasteiger partial charge < -0.3 is 24.1 Å². The highest BCUT2D eigenvalue weighted by Crippen LogP contribution is 2.30. The van der Waals surface area contributed by atoms with Crippen LogP contribution in [0.4, 0.5) is 0 Å². The number of aliphatic hydroxyl groups is 1. The summed E-state index contributed by atoms with van der Waals surface area (Å²) in [6.07, 6.45) is 2.50. The molecule has 5 heteroatoms. The summed E-state index contributed by atoms with van der Waals surface area (Å²) in [5.41, 5.74) is 2.18. The highest BCUT2D eigenvalue weighted by Gasteiger charge is 2.43. The van der Waals surface area contributed by atoms with Gasteiger partial charge in [0.1, 0.15) is 18.3 Å². The van der Waals surface area contributed by atoms with E-state index in [0.29, 0.717) is 19.8 Å². The van der Waals surface area contributed by atoms with Crippen LogP contribution >= 0.6 is 0 Å². The monoisotopic (exact) mass is 398 g/mol. The van der Waals surface area contributed by atoms with Crippen LogP contribution in [0.15, 0.2) is 72.8 Å². The van der Waals surface area contributed by atoms with Crippen molar-refractivity contribution in [3.05, 3.63) is 83.9 Å². The Labute approximate surface area is 172 Å². The zero-order chi connectivity index (χ0) is 20.5. The molecule has 0 bridgehead atoms. The van der Waals surface area contributed by atoms with Gasteiger partial charge in [-0.3, -0.25) is 0 Å². The van der Waals surface area contributed by atoms with E-state index >= 15 is 0 Å². The maximum Gasteiger partial charge on any atom is 0.164 e. The zero-order valence-electron chi connectivity index (χ0n) is 17.1. The number of aliphatic hydroxyl groups excluding tert-OH is 1. The minimum atomic E-state index is -0.780. The second kappa shape index (κ2) is 10.7. The van der Waals surface area contributed by atoms with Gasteiger partial charge >= 0.3 is 0 Å². The molecule has 5 nitrogen and oxygen atoms in total. The lowest BCUT2D eigenvalue weighted by molar-refractivity contribution is -0.336. The Kier molecular flexibility index (Phi) is 7.98. The zero-order valence-corrected chi connectivity index (χ0v) is 17.1. The number of hydrogen-bond donors (Lipinski definition) is 1. The summed E-state index contributed by atoms with van der Waals surface area (Å²) in [5.74, 6) is -0.780. The summed E-state index contributed by atoms with van der Waals surface area (Å²) in [7, 11) is 0. The van der Waals surface area contributed by atoms with E-state index in [1.54, 1.807) is 6.08 Å². The molecule has 1 saturated heterocycles. The van der Waals surface area contributed by atoms with Crippen LogP contribution in [-0.2, 0) is 32.2 Å². The van der Waals surface area contributed by atoms with Crippen molar-refractivity contribution in [1.82, 2.24) is 0 Å². The summed E-state index contributed by atoms with van der Waals surface area (Å²) < 4.78 is 24.4. The van der Waals surface area contributed by atoms with Gasteiger partial charge in [-0.1, -0.05) is 72.8 Å². The lowest BCUT2D eigenvalue weighted by atomic mass is 10.0. The second-order valence-corrected chi connectivity index (χ2v) is 7.51. The van der Waals surface area contributed by atoms with E-state index in [2.05, 4.69) is 0 Å². The van der Waals surface area contributed by atoms with Gasteiger partial charge in [0.05, 0.1) is 26.4 Å². The highest BCUT2D eigenvalue weighted by atomic mass is 16.7. The van der Waals surface area contributed by atoms with Gasteiger partial charge in [-0.25, -0.2) is 0 Å². The SMILES string of the molecule is CC1(C)O[C@H](/C=C/CO)[C@H](OCc2ccccc2)[C@@H](COCc2ccccc2)O1. The number of ether oxygens (including phenoxy) is 4. The topological polar surface area (TPSA) is 57.2 Å². The van der Waals surface area contributed by atoms with Crippen LogP contribution in [0.2, 0.25) is 0 Å². The van der Waals surface area contributed by atoms with Crippen LogP contribution in [0.1, 0.15) is 25.0 Å². The van der Waals surface area contributed by atoms with Crippen molar-refractivity contribution in [1.29, 1.82) is 0 Å². The maximum atomic E-state index is 9.22. The molecular weight excluding hydrogens is 368 g/mol. The van der Waals surface area contributed by atoms with Gasteiger partial charge in [-0.2, -0.15) is 0 Å². The van der Waals surface area contributed by atoms with Crippen LogP contribution in [0.25, 0.3) is 0 Å². The van der Waals surface area contributed by atoms with Crippen molar-refractivity contribution in [3.63, 3.8) is 0 Å². The quantitative estimate of drug-likeness (QED) is 0.650. The Morgan fingerprint density at radius 2 is 1.55 bits per heavy atom. The first-order valence-electron chi connectivity index (χ1n) is 9.98. The maximum absolute atomic E-state index is 9.22. The molecule has 156 valence electrons. The molecule has 0 spiro atoms. The van der Waals surface area contributed by atoms with E-state index in [4.69, 9.17) is 18.9 Å². The molecule has 3 rings (SSSR count). The molecule has 1 N–H and O–H groups in total. The van der Waals surface area contributed by atoms with Crippen molar-refractivity contribution in [2.75, 3.05) is 13.2 Å². The molecule has 0 radical (unpaired) electrons. The van der Waals surface area contributed by atoms with Gasteiger partial charge in [0.25, 0.3) is 0 Å². The summed E-state index contributed by atoms with van der Waals surface area (Å²) in [6, 6.07) is 20.0. The lowest BCUT2D eigenvalue weighted by Gasteiger charge is -2.44. The molecule has 2 aromatic carbocycles. The van der Waals surface area contributed by atoms with Crippen LogP contribution in [0.3, 0.4) is 0 Å². The van der Waals surface area contributed by atoms with Crippen LogP contribution in [0.5, 0.6) is 0 Å². The summed E-state index contributed by atoms with van der Waals surface area (Å²) in [5, 5.41) is 9.22. The third-order valence-electron chi connectivity index (χ3n) is 4.66. The summed E-state index contributed by atoms with van der Waals surface area (Å²) in [4.78, 5) is 0. The van der Waals surface area contributed by atoms with Crippen molar-refractivity contribution in [2.45, 2.75) is 51.2 Å². The highest BCUT2D eigenvalue weighted by molar-refractivity contribution is 5.14. The Morgan fingerprint density at radius 3 is 2.17 bits per heavy atom. The molecule has 0 aromatic heterocycles. The van der Waals surface area contributed by atoms with Gasteiger partial charge in [-0.15, -0.1) is 0 Å². The van der Waals surface area contributed by atoms with Crippen molar-refractivity contribution >= 4 is 0 Å². The molecule has 29 heavy (non-hydrogen) atoms. The molecule has 1 heterocycles. The fourth-order valence-corrected chi connectivity index (χ4v) is 3.37. The largest absolute Gasteiger partial charge is 0.392 e. The smallest absolute Gasteiger partial charge is 0.164 e. The molecule has 0 saturated carbocycles. The van der Waals surface area contributed by atoms with Crippen molar-refractivity contribution in [2.24, 2.45) is 0 Å². The van der Waals surface area contributed by atoms with E-state index in [0.717, 1.165) is 11.1 Å². The number of hydrogen-bond acceptors (Lipinski definition) is 5. The average Bonchev–Trinajstić information content (AvgIpc) is 2.72. The summed E-state index contributed by atoms with van der Waals surface area (Å²) in [6.45, 7) is 5.03. The van der Waals surface area contributed by atoms with Gasteiger partial charge in [0.15, 0.2) is 5.79 Å². The molecule has 3 atom stereocenters. The number of benzene rings is 2. The Balaban J connectivity index is 1.69. The van der Waals surface area contributed by atoms with E-state index in [9.17, 15) is 5.11 Å². The Hall–Kier alpha value is -2.02. The number of rotatable bonds is 9. The van der Waals surface area contributed by atoms with Crippen molar-refractivity contribution in [3.8, 4) is 0 Å². The lowest BCUT2D eigenvalue weighted by Crippen LogP contribution is -2.56. The first-order valence-corrected chi connectivity index (χ1v) is 9.98. The molecule has 2 aromatic rings. The standard InChI is InChI=1S/C24H30O5/c1-24(2)28-21(14-9-15-25)23(27-17-20-12-7-4-8-13-20)22(29-24)18-26-16-19-10-5-3-6-11-19/h3-14,21-23,25H,15-18H2,1-2H3/b14-9+/t21-,22-,23+/m1/s1. The fourth-order valence-electron chi connectivity index (χ4n) is 3.37. The predicted octanol–water partition coefficient (Wildman–Crippen LogP) is 3.86. The third kappa shape index (κ3) is 6.77. The molecule has 1 aliphatic rings. The van der Waals surface area contributed by atoms with Crippen LogP contribution in [0, 0.1) is 0 Å². The predicted molar refractivity (Wildman–Crippen MR) is 111 cm³/mol. The van der Waals surface area contributed by atoms with E-state index in [1.165, 1.54) is 0 Å². The minimum Gasteiger partial charge on any atom is -0.392 e. The molecule has 1 aliphatic heterocycles. The van der Waals surface area contributed by atoms with Crippen LogP contribution in [-0.4, -0.2) is 42.4 Å². The van der Waals surface area contributed by atoms with E-state index in [1.807, 2.05) is 80.6 Å². The molecule has 1 fully saturated rings. The normalized spacial score (nSPS) is 24.0. The third-order valence-corrected chi connectivity index (χ3v) is 4.66. The summed E-state index contributed by atoms with van der Waals surface area (Å²) >= 11 is 0. The van der Waals surface area contributed by atoms with Gasteiger partial charge in [0.2, 0.25) is 0 Å². The van der Waals surface area contributed by atoms with E-state index < -0.39 is 5.79 Å². The average molecular weight is 398 g/mol. The fraction of sp³-hybridized carbons (Fsp3) is 0.417. The Bertz CT molecular complexity index is 744. The molecule has 0 aliphatic carbocycles. The first-order chi connectivity index (χ1) is 14.1. The van der Waals surface area contributed by atoms with Gasteiger partial charge in [0, 0.05) is 0 Å². The second-order valence-electron chi connectivity index (χ2n) is 7.51. The Morgan fingerprint density at radius 1 is 0.931 bits per heavy atom.